The largest absolute Gasteiger partial charge is 0.497 e. The van der Waals surface area contributed by atoms with Crippen molar-refractivity contribution < 1.29 is 19.5 Å². The summed E-state index contributed by atoms with van der Waals surface area (Å²) in [5.74, 6) is 0.110. The third kappa shape index (κ3) is 6.46. The number of azo groups is 1. The van der Waals surface area contributed by atoms with Crippen LogP contribution in [0.5, 0.6) is 11.6 Å². The number of carbonyl (C=O) groups excluding carboxylic acids is 1. The van der Waals surface area contributed by atoms with Crippen molar-refractivity contribution >= 4 is 44.6 Å². The van der Waals surface area contributed by atoms with Gasteiger partial charge in [-0.05, 0) is 74.0 Å². The van der Waals surface area contributed by atoms with Gasteiger partial charge in [-0.25, -0.2) is 0 Å². The van der Waals surface area contributed by atoms with Gasteiger partial charge < -0.3 is 14.7 Å². The topological polar surface area (TPSA) is 101 Å². The van der Waals surface area contributed by atoms with E-state index in [1.807, 2.05) is 34.9 Å². The van der Waals surface area contributed by atoms with Crippen molar-refractivity contribution in [3.63, 3.8) is 0 Å². The predicted octanol–water partition coefficient (Wildman–Crippen LogP) is 5.61. The number of nitrogens with zero attached hydrogens (tertiary/aromatic N) is 5. The number of aromatic nitrogens is 1. The normalized spacial score (nSPS) is 15.1. The zero-order chi connectivity index (χ0) is 24.6. The number of hydrogen-bond acceptors (Lipinski definition) is 7. The molecule has 2 heterocycles. The van der Waals surface area contributed by atoms with E-state index < -0.39 is 5.91 Å². The molecule has 1 N–H and O–H groups in total. The number of halogens is 1. The first-order valence-electron chi connectivity index (χ1n) is 11.5. The number of hydrogen-bond donors (Lipinski definition) is 1. The average molecular weight is 542 g/mol. The highest BCUT2D eigenvalue weighted by Crippen LogP contribution is 2.40. The van der Waals surface area contributed by atoms with Crippen LogP contribution in [0.25, 0.3) is 10.9 Å². The Labute approximate surface area is 212 Å². The lowest BCUT2D eigenvalue weighted by atomic mass is 10.2. The first-order valence-corrected chi connectivity index (χ1v) is 12.3. The van der Waals surface area contributed by atoms with Gasteiger partial charge in [-0.2, -0.15) is 0 Å². The van der Waals surface area contributed by atoms with Crippen LogP contribution in [-0.4, -0.2) is 53.5 Å². The molecule has 4 rings (SSSR count). The van der Waals surface area contributed by atoms with Crippen LogP contribution in [-0.2, 0) is 16.3 Å². The van der Waals surface area contributed by atoms with Crippen molar-refractivity contribution in [1.82, 2.24) is 9.47 Å². The fraction of sp³-hybridized carbons (Fsp3) is 0.360. The van der Waals surface area contributed by atoms with Crippen LogP contribution in [0.2, 0.25) is 0 Å². The number of oxime groups is 1. The van der Waals surface area contributed by atoms with Crippen molar-refractivity contribution in [2.45, 2.75) is 32.4 Å². The minimum absolute atomic E-state index is 0.0164. The quantitative estimate of drug-likeness (QED) is 0.227. The Kier molecular flexibility index (Phi) is 8.49. The van der Waals surface area contributed by atoms with E-state index in [2.05, 4.69) is 36.2 Å². The van der Waals surface area contributed by atoms with Crippen molar-refractivity contribution in [1.29, 1.82) is 0 Å². The molecule has 0 unspecified atom stereocenters. The summed E-state index contributed by atoms with van der Waals surface area (Å²) in [5, 5.41) is 23.3. The Hall–Kier alpha value is -3.24. The number of benzene rings is 2. The maximum absolute atomic E-state index is 12.2. The third-order valence-electron chi connectivity index (χ3n) is 5.85. The average Bonchev–Trinajstić information content (AvgIpc) is 3.02. The van der Waals surface area contributed by atoms with E-state index in [9.17, 15) is 9.90 Å². The van der Waals surface area contributed by atoms with Gasteiger partial charge in [-0.1, -0.05) is 33.9 Å². The van der Waals surface area contributed by atoms with Crippen LogP contribution in [0.3, 0.4) is 0 Å². The van der Waals surface area contributed by atoms with E-state index in [0.29, 0.717) is 12.1 Å². The Morgan fingerprint density at radius 3 is 2.57 bits per heavy atom. The molecule has 0 bridgehead atoms. The molecule has 3 aromatic rings. The minimum Gasteiger partial charge on any atom is -0.497 e. The van der Waals surface area contributed by atoms with E-state index >= 15 is 0 Å². The van der Waals surface area contributed by atoms with Gasteiger partial charge in [0.1, 0.15) is 5.75 Å². The Bertz CT molecular complexity index is 1210. The van der Waals surface area contributed by atoms with Crippen molar-refractivity contribution in [3.8, 4) is 11.6 Å². The fourth-order valence-corrected chi connectivity index (χ4v) is 4.39. The number of likely N-dealkylation sites (tertiary alicyclic amines) is 1. The van der Waals surface area contributed by atoms with Gasteiger partial charge in [-0.3, -0.25) is 14.3 Å². The van der Waals surface area contributed by atoms with Gasteiger partial charge in [0.05, 0.1) is 25.5 Å². The molecule has 1 amide bonds. The number of aromatic hydroxyl groups is 1. The summed E-state index contributed by atoms with van der Waals surface area (Å²) in [7, 11) is 1.60. The molecule has 0 saturated carbocycles. The standard InChI is InChI=1S/C25H28BrN5O4/c1-34-20-9-6-18(7-10-20)15-27-35-16-23(32)28-29-24-21-14-19(26)8-11-22(21)31(25(24)33)17-30-12-4-2-3-5-13-30/h6-11,14-15,33H,2-5,12-13,16-17H2,1H3/b27-15+,29-28?. The minimum atomic E-state index is -0.611. The van der Waals surface area contributed by atoms with Gasteiger partial charge in [-0.15, -0.1) is 10.2 Å². The van der Waals surface area contributed by atoms with Gasteiger partial charge in [0.15, 0.2) is 12.3 Å². The number of amides is 1. The maximum Gasteiger partial charge on any atom is 0.304 e. The number of carbonyl (C=O) groups is 1. The van der Waals surface area contributed by atoms with E-state index in [0.717, 1.165) is 47.2 Å². The van der Waals surface area contributed by atoms with Gasteiger partial charge in [0.2, 0.25) is 5.88 Å². The second-order valence-corrected chi connectivity index (χ2v) is 9.23. The second kappa shape index (κ2) is 11.9. The molecule has 9 nitrogen and oxygen atoms in total. The summed E-state index contributed by atoms with van der Waals surface area (Å²) < 4.78 is 7.77. The molecule has 0 aliphatic carbocycles. The molecule has 0 radical (unpaired) electrons. The maximum atomic E-state index is 12.2. The molecular formula is C25H28BrN5O4. The summed E-state index contributed by atoms with van der Waals surface area (Å²) in [4.78, 5) is 19.6. The molecule has 1 aromatic heterocycles. The molecule has 1 aliphatic rings. The van der Waals surface area contributed by atoms with Crippen molar-refractivity contribution in [2.75, 3.05) is 26.8 Å². The molecule has 1 saturated heterocycles. The second-order valence-electron chi connectivity index (χ2n) is 8.31. The highest BCUT2D eigenvalue weighted by molar-refractivity contribution is 9.10. The van der Waals surface area contributed by atoms with Crippen LogP contribution >= 0.6 is 15.9 Å². The zero-order valence-corrected chi connectivity index (χ0v) is 21.1. The molecule has 0 spiro atoms. The van der Waals surface area contributed by atoms with Gasteiger partial charge in [0, 0.05) is 9.86 Å². The summed E-state index contributed by atoms with van der Waals surface area (Å²) in [5.41, 5.74) is 1.88. The molecule has 184 valence electrons. The smallest absolute Gasteiger partial charge is 0.304 e. The number of methoxy groups -OCH3 is 1. The Morgan fingerprint density at radius 1 is 1.11 bits per heavy atom. The first kappa shape index (κ1) is 24.9. The van der Waals surface area contributed by atoms with Crippen LogP contribution in [0.4, 0.5) is 5.69 Å². The Morgan fingerprint density at radius 2 is 1.86 bits per heavy atom. The van der Waals surface area contributed by atoms with Crippen LogP contribution in [0.15, 0.2) is 62.3 Å². The van der Waals surface area contributed by atoms with E-state index in [4.69, 9.17) is 9.57 Å². The highest BCUT2D eigenvalue weighted by Gasteiger charge is 2.20. The summed E-state index contributed by atoms with van der Waals surface area (Å²) >= 11 is 3.48. The monoisotopic (exact) mass is 541 g/mol. The lowest BCUT2D eigenvalue weighted by molar-refractivity contribution is -0.122. The lowest BCUT2D eigenvalue weighted by Crippen LogP contribution is -2.27. The van der Waals surface area contributed by atoms with Crippen molar-refractivity contribution in [2.24, 2.45) is 15.4 Å². The first-order chi connectivity index (χ1) is 17.0. The molecule has 0 atom stereocenters. The molecule has 1 aliphatic heterocycles. The van der Waals surface area contributed by atoms with Crippen LogP contribution in [0, 0.1) is 0 Å². The molecular weight excluding hydrogens is 514 g/mol. The molecule has 2 aromatic carbocycles. The zero-order valence-electron chi connectivity index (χ0n) is 19.6. The molecule has 1 fully saturated rings. The van der Waals surface area contributed by atoms with E-state index in [1.54, 1.807) is 19.2 Å². The molecule has 10 heteroatoms. The predicted molar refractivity (Wildman–Crippen MR) is 137 cm³/mol. The van der Waals surface area contributed by atoms with Crippen LogP contribution in [0.1, 0.15) is 31.2 Å². The van der Waals surface area contributed by atoms with E-state index in [-0.39, 0.29) is 18.2 Å². The number of rotatable bonds is 8. The fourth-order valence-electron chi connectivity index (χ4n) is 4.03. The van der Waals surface area contributed by atoms with Gasteiger partial charge in [0.25, 0.3) is 0 Å². The van der Waals surface area contributed by atoms with Crippen LogP contribution < -0.4 is 4.74 Å². The number of ether oxygens (including phenoxy) is 1. The third-order valence-corrected chi connectivity index (χ3v) is 6.35. The van der Waals surface area contributed by atoms with Gasteiger partial charge >= 0.3 is 5.91 Å². The lowest BCUT2D eigenvalue weighted by Gasteiger charge is -2.21. The number of fused-ring (bicyclic) bond motifs is 1. The summed E-state index contributed by atoms with van der Waals surface area (Å²) in [6, 6.07) is 12.9. The molecule has 35 heavy (non-hydrogen) atoms. The highest BCUT2D eigenvalue weighted by atomic mass is 79.9. The Balaban J connectivity index is 1.44. The summed E-state index contributed by atoms with van der Waals surface area (Å²) in [6.45, 7) is 2.16. The van der Waals surface area contributed by atoms with E-state index in [1.165, 1.54) is 19.1 Å². The SMILES string of the molecule is COc1ccc(/C=N/OCC(=O)N=Nc2c(O)n(CN3CCCCCC3)c3ccc(Br)cc23)cc1. The summed E-state index contributed by atoms with van der Waals surface area (Å²) in [6.07, 6.45) is 6.25. The van der Waals surface area contributed by atoms with Crippen molar-refractivity contribution in [3.05, 3.63) is 52.5 Å².